The first-order valence-electron chi connectivity index (χ1n) is 5.99. The molecule has 0 radical (unpaired) electrons. The van der Waals surface area contributed by atoms with Gasteiger partial charge in [0.25, 0.3) is 0 Å². The number of hydrogen-bond donors (Lipinski definition) is 0. The van der Waals surface area contributed by atoms with Crippen molar-refractivity contribution in [2.24, 2.45) is 5.92 Å². The number of rotatable bonds is 5. The van der Waals surface area contributed by atoms with Gasteiger partial charge in [-0.3, -0.25) is 9.36 Å². The minimum absolute atomic E-state index is 0.0379. The van der Waals surface area contributed by atoms with Crippen molar-refractivity contribution in [3.05, 3.63) is 42.2 Å². The lowest BCUT2D eigenvalue weighted by atomic mass is 10.0. The van der Waals surface area contributed by atoms with Crippen LogP contribution in [0.15, 0.2) is 30.9 Å². The summed E-state index contributed by atoms with van der Waals surface area (Å²) in [6.45, 7) is 1.25. The number of Topliss-reactive ketones (excluding diaryl/α,β-unsaturated/α-hetero) is 1. The Kier molecular flexibility index (Phi) is 3.78. The molecule has 0 N–H and O–H groups in total. The fraction of sp³-hybridized carbons (Fsp3) is 0.385. The Morgan fingerprint density at radius 1 is 1.37 bits per heavy atom. The molecule has 0 spiro atoms. The molecule has 0 atom stereocenters. The Bertz CT molecular complexity index is 572. The van der Waals surface area contributed by atoms with Crippen LogP contribution in [-0.4, -0.2) is 19.9 Å². The summed E-state index contributed by atoms with van der Waals surface area (Å²) in [5.74, 6) is 0.212. The van der Waals surface area contributed by atoms with E-state index in [9.17, 15) is 13.6 Å². The van der Waals surface area contributed by atoms with Gasteiger partial charge >= 0.3 is 6.55 Å². The van der Waals surface area contributed by atoms with Crippen molar-refractivity contribution in [2.45, 2.75) is 26.9 Å². The standard InChI is InChI=1S/C13H15F2N3O/c1-9(2)12(19)10-3-5-17(7-10)8-11-16-4-6-18(11)13(14)15/h3-7,9,13H,8H2,1-2H3. The molecule has 2 rings (SSSR count). The first-order chi connectivity index (χ1) is 8.99. The SMILES string of the molecule is CC(C)C(=O)c1ccn(Cc2nccn2C(F)F)c1. The molecule has 0 fully saturated rings. The summed E-state index contributed by atoms with van der Waals surface area (Å²) in [6.07, 6.45) is 5.93. The number of imidazole rings is 1. The molecule has 0 aliphatic heterocycles. The Hall–Kier alpha value is -1.98. The molecule has 4 nitrogen and oxygen atoms in total. The maximum atomic E-state index is 12.7. The molecular formula is C13H15F2N3O. The van der Waals surface area contributed by atoms with E-state index in [1.165, 1.54) is 12.4 Å². The Morgan fingerprint density at radius 2 is 2.11 bits per heavy atom. The number of alkyl halides is 2. The number of nitrogens with zero attached hydrogens (tertiary/aromatic N) is 3. The second-order valence-electron chi connectivity index (χ2n) is 4.62. The maximum absolute atomic E-state index is 12.7. The van der Waals surface area contributed by atoms with E-state index in [-0.39, 0.29) is 24.1 Å². The number of carbonyl (C=O) groups is 1. The van der Waals surface area contributed by atoms with Crippen LogP contribution in [0, 0.1) is 5.92 Å². The molecule has 2 heterocycles. The lowest BCUT2D eigenvalue weighted by Crippen LogP contribution is -2.09. The average Bonchev–Trinajstić information content (AvgIpc) is 2.97. The summed E-state index contributed by atoms with van der Waals surface area (Å²) >= 11 is 0. The van der Waals surface area contributed by atoms with Crippen LogP contribution in [-0.2, 0) is 6.54 Å². The van der Waals surface area contributed by atoms with Gasteiger partial charge in [0, 0.05) is 36.3 Å². The van der Waals surface area contributed by atoms with Gasteiger partial charge in [0.15, 0.2) is 5.78 Å². The van der Waals surface area contributed by atoms with Gasteiger partial charge in [-0.25, -0.2) is 4.98 Å². The lowest BCUT2D eigenvalue weighted by molar-refractivity contribution is 0.0667. The number of aromatic nitrogens is 3. The van der Waals surface area contributed by atoms with Crippen molar-refractivity contribution in [1.82, 2.24) is 14.1 Å². The highest BCUT2D eigenvalue weighted by Crippen LogP contribution is 2.15. The largest absolute Gasteiger partial charge is 0.346 e. The van der Waals surface area contributed by atoms with E-state index in [4.69, 9.17) is 0 Å². The molecule has 2 aromatic rings. The molecule has 0 aliphatic carbocycles. The molecule has 102 valence electrons. The predicted octanol–water partition coefficient (Wildman–Crippen LogP) is 2.97. The second kappa shape index (κ2) is 5.34. The van der Waals surface area contributed by atoms with Crippen LogP contribution < -0.4 is 0 Å². The first-order valence-corrected chi connectivity index (χ1v) is 5.99. The molecule has 0 aliphatic rings. The van der Waals surface area contributed by atoms with E-state index in [0.29, 0.717) is 5.56 Å². The molecule has 0 aromatic carbocycles. The van der Waals surface area contributed by atoms with E-state index in [2.05, 4.69) is 4.98 Å². The zero-order valence-corrected chi connectivity index (χ0v) is 10.8. The molecule has 0 unspecified atom stereocenters. The number of hydrogen-bond acceptors (Lipinski definition) is 2. The van der Waals surface area contributed by atoms with Crippen LogP contribution in [0.1, 0.15) is 36.6 Å². The second-order valence-corrected chi connectivity index (χ2v) is 4.62. The highest BCUT2D eigenvalue weighted by molar-refractivity contribution is 5.97. The molecular weight excluding hydrogens is 252 g/mol. The van der Waals surface area contributed by atoms with E-state index in [1.54, 1.807) is 23.0 Å². The summed E-state index contributed by atoms with van der Waals surface area (Å²) in [4.78, 5) is 15.7. The molecule has 0 amide bonds. The van der Waals surface area contributed by atoms with Gasteiger partial charge in [-0.2, -0.15) is 8.78 Å². The van der Waals surface area contributed by atoms with E-state index in [1.807, 2.05) is 13.8 Å². The van der Waals surface area contributed by atoms with Crippen LogP contribution in [0.25, 0.3) is 0 Å². The molecule has 0 saturated heterocycles. The number of carbonyl (C=O) groups excluding carboxylic acids is 1. The quantitative estimate of drug-likeness (QED) is 0.781. The Labute approximate surface area is 109 Å². The van der Waals surface area contributed by atoms with E-state index < -0.39 is 6.55 Å². The van der Waals surface area contributed by atoms with Gasteiger partial charge in [-0.1, -0.05) is 13.8 Å². The molecule has 2 aromatic heterocycles. The zero-order valence-electron chi connectivity index (χ0n) is 10.8. The van der Waals surface area contributed by atoms with Crippen molar-refractivity contribution in [1.29, 1.82) is 0 Å². The molecule has 0 saturated carbocycles. The van der Waals surface area contributed by atoms with Gasteiger partial charge in [0.1, 0.15) is 5.82 Å². The average molecular weight is 267 g/mol. The Balaban J connectivity index is 2.16. The third kappa shape index (κ3) is 2.89. The van der Waals surface area contributed by atoms with Crippen molar-refractivity contribution in [2.75, 3.05) is 0 Å². The van der Waals surface area contributed by atoms with Crippen LogP contribution in [0.5, 0.6) is 0 Å². The van der Waals surface area contributed by atoms with Crippen LogP contribution in [0.2, 0.25) is 0 Å². The minimum atomic E-state index is -2.61. The van der Waals surface area contributed by atoms with Gasteiger partial charge in [-0.05, 0) is 6.07 Å². The first kappa shape index (κ1) is 13.5. The summed E-state index contributed by atoms with van der Waals surface area (Å²) in [5, 5.41) is 0. The molecule has 0 bridgehead atoms. The smallest absolute Gasteiger partial charge is 0.319 e. The van der Waals surface area contributed by atoms with Crippen molar-refractivity contribution in [3.63, 3.8) is 0 Å². The van der Waals surface area contributed by atoms with Gasteiger partial charge < -0.3 is 4.57 Å². The van der Waals surface area contributed by atoms with E-state index in [0.717, 1.165) is 4.57 Å². The van der Waals surface area contributed by atoms with Crippen molar-refractivity contribution < 1.29 is 13.6 Å². The third-order valence-corrected chi connectivity index (χ3v) is 2.84. The summed E-state index contributed by atoms with van der Waals surface area (Å²) in [6, 6.07) is 1.69. The fourth-order valence-corrected chi connectivity index (χ4v) is 1.83. The summed E-state index contributed by atoms with van der Waals surface area (Å²) < 4.78 is 27.8. The normalized spacial score (nSPS) is 11.5. The van der Waals surface area contributed by atoms with Crippen LogP contribution in [0.3, 0.4) is 0 Å². The summed E-state index contributed by atoms with van der Waals surface area (Å²) in [7, 11) is 0. The van der Waals surface area contributed by atoms with E-state index >= 15 is 0 Å². The van der Waals surface area contributed by atoms with Crippen molar-refractivity contribution in [3.8, 4) is 0 Å². The Morgan fingerprint density at radius 3 is 2.74 bits per heavy atom. The van der Waals surface area contributed by atoms with Gasteiger partial charge in [0.05, 0.1) is 6.54 Å². The van der Waals surface area contributed by atoms with Crippen LogP contribution >= 0.6 is 0 Å². The molecule has 19 heavy (non-hydrogen) atoms. The topological polar surface area (TPSA) is 39.8 Å². The highest BCUT2D eigenvalue weighted by Gasteiger charge is 2.14. The van der Waals surface area contributed by atoms with Gasteiger partial charge in [-0.15, -0.1) is 0 Å². The number of ketones is 1. The fourth-order valence-electron chi connectivity index (χ4n) is 1.83. The number of halogens is 2. The third-order valence-electron chi connectivity index (χ3n) is 2.84. The van der Waals surface area contributed by atoms with Gasteiger partial charge in [0.2, 0.25) is 0 Å². The lowest BCUT2D eigenvalue weighted by Gasteiger charge is -2.07. The van der Waals surface area contributed by atoms with Crippen LogP contribution in [0.4, 0.5) is 8.78 Å². The monoisotopic (exact) mass is 267 g/mol. The minimum Gasteiger partial charge on any atom is -0.346 e. The highest BCUT2D eigenvalue weighted by atomic mass is 19.3. The zero-order chi connectivity index (χ0) is 14.0. The maximum Gasteiger partial charge on any atom is 0.319 e. The summed E-state index contributed by atoms with van der Waals surface area (Å²) in [5.41, 5.74) is 0.588. The molecule has 6 heteroatoms. The predicted molar refractivity (Wildman–Crippen MR) is 66.2 cm³/mol. The van der Waals surface area contributed by atoms with Crippen molar-refractivity contribution >= 4 is 5.78 Å².